The Morgan fingerprint density at radius 2 is 2.03 bits per heavy atom. The van der Waals surface area contributed by atoms with Gasteiger partial charge in [0.1, 0.15) is 23.8 Å². The van der Waals surface area contributed by atoms with E-state index in [9.17, 15) is 14.3 Å². The molecule has 1 aromatic carbocycles. The highest BCUT2D eigenvalue weighted by molar-refractivity contribution is 5.88. The summed E-state index contributed by atoms with van der Waals surface area (Å²) in [5.41, 5.74) is 3.50. The molecule has 5 rings (SSSR count). The zero-order valence-corrected chi connectivity index (χ0v) is 20.3. The van der Waals surface area contributed by atoms with Gasteiger partial charge in [-0.1, -0.05) is 13.5 Å². The second kappa shape index (κ2) is 7.48. The Hall–Kier alpha value is -3.03. The van der Waals surface area contributed by atoms with E-state index < -0.39 is 5.60 Å². The van der Waals surface area contributed by atoms with E-state index in [1.807, 2.05) is 19.1 Å². The molecule has 0 saturated heterocycles. The largest absolute Gasteiger partial charge is 0.490 e. The lowest BCUT2D eigenvalue weighted by atomic mass is 9.84. The van der Waals surface area contributed by atoms with Crippen LogP contribution in [-0.4, -0.2) is 20.2 Å². The third kappa shape index (κ3) is 3.29. The third-order valence-corrected chi connectivity index (χ3v) is 7.05. The summed E-state index contributed by atoms with van der Waals surface area (Å²) in [4.78, 5) is 18.4. The summed E-state index contributed by atoms with van der Waals surface area (Å²) in [6.45, 7) is 14.7. The molecule has 4 heterocycles. The van der Waals surface area contributed by atoms with E-state index in [0.29, 0.717) is 53.1 Å². The molecule has 2 aliphatic heterocycles. The number of aliphatic hydroxyl groups is 1. The molecule has 2 aromatic heterocycles. The number of nitrogens with zero attached hydrogens (tertiary/aromatic N) is 2. The molecule has 0 unspecified atom stereocenters. The number of fused-ring (bicyclic) bond motifs is 5. The molecule has 0 amide bonds. The van der Waals surface area contributed by atoms with E-state index in [2.05, 4.69) is 32.7 Å². The molecule has 7 heteroatoms. The van der Waals surface area contributed by atoms with Crippen molar-refractivity contribution in [2.45, 2.75) is 71.9 Å². The normalized spacial score (nSPS) is 19.1. The van der Waals surface area contributed by atoms with E-state index >= 15 is 0 Å². The summed E-state index contributed by atoms with van der Waals surface area (Å²) in [6, 6.07) is 5.13. The van der Waals surface area contributed by atoms with Crippen LogP contribution in [0.4, 0.5) is 4.39 Å². The van der Waals surface area contributed by atoms with Gasteiger partial charge in [-0.25, -0.2) is 9.37 Å². The average Bonchev–Trinajstić information content (AvgIpc) is 3.13. The predicted molar refractivity (Wildman–Crippen MR) is 130 cm³/mol. The minimum atomic E-state index is -1.44. The smallest absolute Gasteiger partial charge is 0.258 e. The van der Waals surface area contributed by atoms with Crippen molar-refractivity contribution in [1.82, 2.24) is 14.9 Å². The Morgan fingerprint density at radius 3 is 2.71 bits per heavy atom. The fourth-order valence-corrected chi connectivity index (χ4v) is 4.96. The van der Waals surface area contributed by atoms with Crippen LogP contribution < -0.4 is 10.9 Å². The number of aryl methyl sites for hydroxylation is 1. The van der Waals surface area contributed by atoms with Gasteiger partial charge in [-0.2, -0.15) is 0 Å². The van der Waals surface area contributed by atoms with Gasteiger partial charge >= 0.3 is 0 Å². The molecule has 6 nitrogen and oxygen atoms in total. The van der Waals surface area contributed by atoms with Crippen LogP contribution in [0.2, 0.25) is 0 Å². The Morgan fingerprint density at radius 1 is 1.29 bits per heavy atom. The van der Waals surface area contributed by atoms with Crippen LogP contribution in [0, 0.1) is 12.7 Å². The van der Waals surface area contributed by atoms with Gasteiger partial charge in [0.2, 0.25) is 0 Å². The van der Waals surface area contributed by atoms with Gasteiger partial charge in [-0.15, -0.1) is 0 Å². The predicted octanol–water partition coefficient (Wildman–Crippen LogP) is 4.40. The number of aromatic nitrogens is 2. The van der Waals surface area contributed by atoms with Crippen LogP contribution in [0.1, 0.15) is 61.9 Å². The molecule has 2 aliphatic rings. The van der Waals surface area contributed by atoms with Crippen LogP contribution in [0.25, 0.3) is 22.3 Å². The fraction of sp³-hybridized carbons (Fsp3) is 0.407. The second-order valence-electron chi connectivity index (χ2n) is 10.4. The number of pyridine rings is 2. The van der Waals surface area contributed by atoms with Crippen LogP contribution in [0.3, 0.4) is 0 Å². The lowest BCUT2D eigenvalue weighted by Gasteiger charge is -2.35. The highest BCUT2D eigenvalue weighted by Gasteiger charge is 2.41. The summed E-state index contributed by atoms with van der Waals surface area (Å²) in [5.74, 6) is -0.0755. The fourth-order valence-electron chi connectivity index (χ4n) is 4.96. The van der Waals surface area contributed by atoms with Gasteiger partial charge < -0.3 is 19.7 Å². The zero-order chi connectivity index (χ0) is 24.6. The van der Waals surface area contributed by atoms with Gasteiger partial charge in [0, 0.05) is 34.7 Å². The lowest BCUT2D eigenvalue weighted by molar-refractivity contribution is -0.0172. The standard InChI is InChI=1S/C27H30FN3O3/c1-7-27(33)15(3)34-13-19-20(27)9-23-24-18(12-31(23)25(19)32)17(11-29-26(4,5)6)16-8-14(2)21(28)10-22(16)30-24/h8-10,29,33H,3,7,11-13H2,1-2,4-6H3/t27-/m1/s1. The molecule has 2 N–H and O–H groups in total. The van der Waals surface area contributed by atoms with Gasteiger partial charge in [-0.05, 0) is 57.4 Å². The topological polar surface area (TPSA) is 76.4 Å². The molecule has 34 heavy (non-hydrogen) atoms. The molecule has 0 spiro atoms. The summed E-state index contributed by atoms with van der Waals surface area (Å²) in [6.07, 6.45) is 0.324. The van der Waals surface area contributed by atoms with Crippen molar-refractivity contribution < 1.29 is 14.2 Å². The van der Waals surface area contributed by atoms with Gasteiger partial charge in [0.15, 0.2) is 0 Å². The van der Waals surface area contributed by atoms with Gasteiger partial charge in [0.25, 0.3) is 5.56 Å². The summed E-state index contributed by atoms with van der Waals surface area (Å²) < 4.78 is 21.8. The average molecular weight is 464 g/mol. The number of hydrogen-bond acceptors (Lipinski definition) is 5. The van der Waals surface area contributed by atoms with Crippen molar-refractivity contribution in [3.63, 3.8) is 0 Å². The molecule has 178 valence electrons. The second-order valence-corrected chi connectivity index (χ2v) is 10.4. The first-order valence-corrected chi connectivity index (χ1v) is 11.6. The number of hydrogen-bond donors (Lipinski definition) is 2. The van der Waals surface area contributed by atoms with Gasteiger partial charge in [0.05, 0.1) is 29.0 Å². The Labute approximate surface area is 198 Å². The Bertz CT molecular complexity index is 1430. The van der Waals surface area contributed by atoms with E-state index in [0.717, 1.165) is 16.5 Å². The number of halogens is 1. The maximum atomic E-state index is 14.5. The molecule has 3 aromatic rings. The van der Waals surface area contributed by atoms with Crippen molar-refractivity contribution >= 4 is 10.9 Å². The maximum Gasteiger partial charge on any atom is 0.258 e. The molecule has 0 fully saturated rings. The third-order valence-electron chi connectivity index (χ3n) is 7.05. The van der Waals surface area contributed by atoms with Crippen LogP contribution in [0.15, 0.2) is 35.3 Å². The highest BCUT2D eigenvalue weighted by atomic mass is 19.1. The molecule has 1 atom stereocenters. The molecule has 0 aliphatic carbocycles. The Balaban J connectivity index is 1.79. The van der Waals surface area contributed by atoms with Crippen molar-refractivity contribution in [1.29, 1.82) is 0 Å². The van der Waals surface area contributed by atoms with Crippen LogP contribution in [-0.2, 0) is 30.0 Å². The maximum absolute atomic E-state index is 14.5. The van der Waals surface area contributed by atoms with E-state index in [4.69, 9.17) is 9.72 Å². The number of ether oxygens (including phenoxy) is 1. The first kappa shape index (κ1) is 22.7. The monoisotopic (exact) mass is 463 g/mol. The summed E-state index contributed by atoms with van der Waals surface area (Å²) in [7, 11) is 0. The first-order chi connectivity index (χ1) is 15.9. The quantitative estimate of drug-likeness (QED) is 0.471. The molecule has 0 saturated carbocycles. The minimum absolute atomic E-state index is 0.0736. The molecule has 0 radical (unpaired) electrons. The van der Waals surface area contributed by atoms with Crippen molar-refractivity contribution in [2.75, 3.05) is 0 Å². The van der Waals surface area contributed by atoms with E-state index in [-0.39, 0.29) is 29.3 Å². The highest BCUT2D eigenvalue weighted by Crippen LogP contribution is 2.42. The first-order valence-electron chi connectivity index (χ1n) is 11.6. The van der Waals surface area contributed by atoms with Crippen LogP contribution in [0.5, 0.6) is 0 Å². The van der Waals surface area contributed by atoms with Gasteiger partial charge in [-0.3, -0.25) is 4.79 Å². The van der Waals surface area contributed by atoms with Crippen molar-refractivity contribution in [2.24, 2.45) is 0 Å². The zero-order valence-electron chi connectivity index (χ0n) is 20.3. The molecule has 0 bridgehead atoms. The Kier molecular flexibility index (Phi) is 5.01. The molecular formula is C27H30FN3O3. The van der Waals surface area contributed by atoms with Crippen LogP contribution >= 0.6 is 0 Å². The molecular weight excluding hydrogens is 433 g/mol. The minimum Gasteiger partial charge on any atom is -0.490 e. The van der Waals surface area contributed by atoms with E-state index in [1.54, 1.807) is 11.5 Å². The lowest BCUT2D eigenvalue weighted by Crippen LogP contribution is -2.38. The van der Waals surface area contributed by atoms with Crippen molar-refractivity contribution in [3.8, 4) is 11.4 Å². The van der Waals surface area contributed by atoms with E-state index in [1.165, 1.54) is 6.07 Å². The summed E-state index contributed by atoms with van der Waals surface area (Å²) in [5, 5.41) is 15.7. The SMILES string of the molecule is C=C1OCc2c(cc3n(c2=O)Cc2c-3nc3cc(F)c(C)cc3c2CNC(C)(C)C)[C@@]1(O)CC. The number of nitrogens with one attached hydrogen (secondary N) is 1. The summed E-state index contributed by atoms with van der Waals surface area (Å²) >= 11 is 0. The van der Waals surface area contributed by atoms with Crippen molar-refractivity contribution in [3.05, 3.63) is 74.5 Å². The number of benzene rings is 1. The number of rotatable bonds is 3.